The fraction of sp³-hybridized carbons (Fsp3) is 0.304. The average Bonchev–Trinajstić information content (AvgIpc) is 3.49. The number of aliphatic hydroxyl groups excluding tert-OH is 1. The van der Waals surface area contributed by atoms with Gasteiger partial charge in [-0.2, -0.15) is 0 Å². The zero-order chi connectivity index (χ0) is 21.6. The smallest absolute Gasteiger partial charge is 0.229 e. The molecule has 2 aromatic carbocycles. The fourth-order valence-corrected chi connectivity index (χ4v) is 5.59. The van der Waals surface area contributed by atoms with E-state index in [2.05, 4.69) is 9.97 Å². The molecule has 0 radical (unpaired) electrons. The Morgan fingerprint density at radius 2 is 1.84 bits per heavy atom. The second kappa shape index (κ2) is 7.39. The lowest BCUT2D eigenvalue weighted by Gasteiger charge is -2.18. The summed E-state index contributed by atoms with van der Waals surface area (Å²) in [5, 5.41) is 9.01. The maximum atomic E-state index is 14.1. The van der Waals surface area contributed by atoms with Crippen LogP contribution in [0.15, 0.2) is 59.8 Å². The lowest BCUT2D eigenvalue weighted by atomic mass is 9.99. The number of sulfone groups is 1. The summed E-state index contributed by atoms with van der Waals surface area (Å²) in [4.78, 5) is 11.2. The number of fused-ring (bicyclic) bond motifs is 2. The number of aromatic nitrogens is 2. The van der Waals surface area contributed by atoms with Gasteiger partial charge < -0.3 is 10.0 Å². The van der Waals surface area contributed by atoms with Gasteiger partial charge in [-0.1, -0.05) is 24.3 Å². The van der Waals surface area contributed by atoms with Crippen LogP contribution in [0, 0.1) is 5.82 Å². The van der Waals surface area contributed by atoms with Crippen molar-refractivity contribution in [2.75, 3.05) is 23.8 Å². The Bertz CT molecular complexity index is 1240. The topological polar surface area (TPSA) is 83.4 Å². The highest BCUT2D eigenvalue weighted by Crippen LogP contribution is 2.58. The van der Waals surface area contributed by atoms with Crippen molar-refractivity contribution < 1.29 is 17.9 Å². The molecule has 8 heteroatoms. The molecule has 31 heavy (non-hydrogen) atoms. The van der Waals surface area contributed by atoms with Gasteiger partial charge in [0.05, 0.1) is 10.6 Å². The molecule has 2 heterocycles. The molecule has 0 amide bonds. The molecule has 0 atom stereocenters. The summed E-state index contributed by atoms with van der Waals surface area (Å²) in [5.41, 5.74) is 2.97. The van der Waals surface area contributed by atoms with Crippen molar-refractivity contribution in [3.63, 3.8) is 0 Å². The zero-order valence-electron chi connectivity index (χ0n) is 16.8. The second-order valence-corrected chi connectivity index (χ2v) is 10.3. The van der Waals surface area contributed by atoms with E-state index in [1.165, 1.54) is 6.07 Å². The molecule has 1 saturated carbocycles. The predicted octanol–water partition coefficient (Wildman–Crippen LogP) is 3.62. The Labute approximate surface area is 180 Å². The van der Waals surface area contributed by atoms with Gasteiger partial charge in [0.1, 0.15) is 5.82 Å². The maximum Gasteiger partial charge on any atom is 0.229 e. The van der Waals surface area contributed by atoms with Gasteiger partial charge in [0.2, 0.25) is 5.95 Å². The largest absolute Gasteiger partial charge is 0.396 e. The van der Waals surface area contributed by atoms with E-state index in [-0.39, 0.29) is 34.9 Å². The number of halogens is 1. The van der Waals surface area contributed by atoms with Gasteiger partial charge in [0.25, 0.3) is 0 Å². The average molecular weight is 440 g/mol. The highest BCUT2D eigenvalue weighted by molar-refractivity contribution is 7.91. The first-order valence-electron chi connectivity index (χ1n) is 10.3. The molecule has 3 aromatic rings. The molecular formula is C23H22FN3O3S. The molecule has 1 aromatic heterocycles. The summed E-state index contributed by atoms with van der Waals surface area (Å²) in [7, 11) is -3.48. The first-order chi connectivity index (χ1) is 14.9. The summed E-state index contributed by atoms with van der Waals surface area (Å²) in [6.45, 7) is 0.531. The van der Waals surface area contributed by atoms with Crippen LogP contribution in [0.25, 0.3) is 11.1 Å². The van der Waals surface area contributed by atoms with Crippen LogP contribution in [-0.2, 0) is 15.3 Å². The van der Waals surface area contributed by atoms with E-state index < -0.39 is 9.84 Å². The van der Waals surface area contributed by atoms with Crippen LogP contribution in [-0.4, -0.2) is 42.4 Å². The minimum atomic E-state index is -3.48. The van der Waals surface area contributed by atoms with E-state index >= 15 is 0 Å². The molecule has 1 spiro atoms. The molecule has 0 unspecified atom stereocenters. The van der Waals surface area contributed by atoms with Crippen LogP contribution in [0.5, 0.6) is 0 Å². The molecule has 1 aliphatic carbocycles. The Morgan fingerprint density at radius 3 is 2.52 bits per heavy atom. The molecule has 1 fully saturated rings. The molecule has 2 aliphatic rings. The van der Waals surface area contributed by atoms with Crippen LogP contribution < -0.4 is 4.90 Å². The monoisotopic (exact) mass is 439 g/mol. The Balaban J connectivity index is 1.51. The Hall–Kier alpha value is -2.84. The summed E-state index contributed by atoms with van der Waals surface area (Å²) < 4.78 is 39.4. The number of rotatable bonds is 6. The van der Waals surface area contributed by atoms with E-state index in [1.54, 1.807) is 42.7 Å². The molecule has 1 aliphatic heterocycles. The number of anilines is 2. The van der Waals surface area contributed by atoms with Crippen LogP contribution >= 0.6 is 0 Å². The quantitative estimate of drug-likeness (QED) is 0.632. The van der Waals surface area contributed by atoms with Gasteiger partial charge in [-0.15, -0.1) is 0 Å². The normalized spacial score (nSPS) is 16.5. The number of aliphatic hydroxyl groups is 1. The SMILES string of the molecule is O=S(=O)(CCCO)c1ccc2c(c1)N(c1ncc(-c3ccccc3F)cn1)CC21CC1. The van der Waals surface area contributed by atoms with Gasteiger partial charge in [-0.05, 0) is 43.0 Å². The number of nitrogens with zero attached hydrogens (tertiary/aromatic N) is 3. The molecule has 6 nitrogen and oxygen atoms in total. The van der Waals surface area contributed by atoms with Gasteiger partial charge >= 0.3 is 0 Å². The second-order valence-electron chi connectivity index (χ2n) is 8.19. The zero-order valence-corrected chi connectivity index (χ0v) is 17.6. The molecule has 0 bridgehead atoms. The summed E-state index contributed by atoms with van der Waals surface area (Å²) in [6, 6.07) is 11.7. The third kappa shape index (κ3) is 3.49. The summed E-state index contributed by atoms with van der Waals surface area (Å²) >= 11 is 0. The molecule has 5 rings (SSSR count). The first-order valence-corrected chi connectivity index (χ1v) is 11.9. The predicted molar refractivity (Wildman–Crippen MR) is 116 cm³/mol. The van der Waals surface area contributed by atoms with Crippen molar-refractivity contribution in [2.24, 2.45) is 0 Å². The fourth-order valence-electron chi connectivity index (χ4n) is 4.27. The van der Waals surface area contributed by atoms with Crippen molar-refractivity contribution in [2.45, 2.75) is 29.6 Å². The summed E-state index contributed by atoms with van der Waals surface area (Å²) in [5.74, 6) is 0.0383. The standard InChI is InChI=1S/C23H22FN3O3S/c24-20-5-2-1-4-18(20)16-13-25-22(26-14-16)27-15-23(8-9-23)19-7-6-17(12-21(19)27)31(29,30)11-3-10-28/h1-2,4-7,12-14,28H,3,8-11,15H2. The number of benzene rings is 2. The maximum absolute atomic E-state index is 14.1. The van der Waals surface area contributed by atoms with Gasteiger partial charge in [0, 0.05) is 47.8 Å². The Morgan fingerprint density at radius 1 is 1.10 bits per heavy atom. The molecular weight excluding hydrogens is 417 g/mol. The van der Waals surface area contributed by atoms with Crippen LogP contribution in [0.4, 0.5) is 16.0 Å². The molecule has 1 N–H and O–H groups in total. The van der Waals surface area contributed by atoms with Crippen molar-refractivity contribution in [1.82, 2.24) is 9.97 Å². The number of hydrogen-bond acceptors (Lipinski definition) is 6. The van der Waals surface area contributed by atoms with E-state index in [0.29, 0.717) is 23.6 Å². The van der Waals surface area contributed by atoms with Crippen LogP contribution in [0.2, 0.25) is 0 Å². The van der Waals surface area contributed by atoms with Crippen molar-refractivity contribution in [3.8, 4) is 11.1 Å². The van der Waals surface area contributed by atoms with E-state index in [0.717, 1.165) is 24.1 Å². The third-order valence-corrected chi connectivity index (χ3v) is 7.94. The van der Waals surface area contributed by atoms with E-state index in [4.69, 9.17) is 5.11 Å². The van der Waals surface area contributed by atoms with E-state index in [1.807, 2.05) is 11.0 Å². The van der Waals surface area contributed by atoms with Crippen molar-refractivity contribution in [3.05, 3.63) is 66.2 Å². The molecule has 0 saturated heterocycles. The first kappa shape index (κ1) is 20.1. The van der Waals surface area contributed by atoms with Crippen LogP contribution in [0.3, 0.4) is 0 Å². The number of hydrogen-bond donors (Lipinski definition) is 1. The lowest BCUT2D eigenvalue weighted by Crippen LogP contribution is -2.21. The minimum absolute atomic E-state index is 0.0241. The van der Waals surface area contributed by atoms with Crippen molar-refractivity contribution in [1.29, 1.82) is 0 Å². The Kier molecular flexibility index (Phi) is 4.79. The van der Waals surface area contributed by atoms with Crippen LogP contribution in [0.1, 0.15) is 24.8 Å². The van der Waals surface area contributed by atoms with Gasteiger partial charge in [0.15, 0.2) is 9.84 Å². The summed E-state index contributed by atoms with van der Waals surface area (Å²) in [6.07, 6.45) is 5.48. The lowest BCUT2D eigenvalue weighted by molar-refractivity contribution is 0.295. The van der Waals surface area contributed by atoms with Crippen molar-refractivity contribution >= 4 is 21.5 Å². The van der Waals surface area contributed by atoms with Gasteiger partial charge in [-0.3, -0.25) is 0 Å². The minimum Gasteiger partial charge on any atom is -0.396 e. The van der Waals surface area contributed by atoms with E-state index in [9.17, 15) is 12.8 Å². The third-order valence-electron chi connectivity index (χ3n) is 6.14. The highest BCUT2D eigenvalue weighted by atomic mass is 32.2. The molecule has 160 valence electrons. The highest BCUT2D eigenvalue weighted by Gasteiger charge is 2.52. The van der Waals surface area contributed by atoms with Gasteiger partial charge in [-0.25, -0.2) is 22.8 Å².